The molecule has 0 aromatic rings. The normalized spacial score (nSPS) is 25.5. The summed E-state index contributed by atoms with van der Waals surface area (Å²) in [6.07, 6.45) is 2.37. The van der Waals surface area contributed by atoms with Crippen molar-refractivity contribution in [2.45, 2.75) is 18.1 Å². The van der Waals surface area contributed by atoms with E-state index in [0.717, 1.165) is 31.4 Å². The average Bonchev–Trinajstić information content (AvgIpc) is 2.41. The lowest BCUT2D eigenvalue weighted by atomic mass is 10.4. The van der Waals surface area contributed by atoms with Gasteiger partial charge in [-0.05, 0) is 25.1 Å². The fourth-order valence-corrected chi connectivity index (χ4v) is 2.10. The fourth-order valence-electron chi connectivity index (χ4n) is 0.978. The molecule has 1 aliphatic heterocycles. The predicted molar refractivity (Wildman–Crippen MR) is 45.4 cm³/mol. The van der Waals surface area contributed by atoms with E-state index in [-0.39, 0.29) is 0 Å². The van der Waals surface area contributed by atoms with Gasteiger partial charge in [0.15, 0.2) is 0 Å². The van der Waals surface area contributed by atoms with Gasteiger partial charge in [-0.25, -0.2) is 0 Å². The summed E-state index contributed by atoms with van der Waals surface area (Å²) in [4.78, 5) is 0. The molecular weight excluding hydrogens is 146 g/mol. The minimum absolute atomic E-state index is 0.756. The van der Waals surface area contributed by atoms with Gasteiger partial charge in [-0.1, -0.05) is 0 Å². The Hall–Kier alpha value is 0.270. The molecule has 0 aromatic heterocycles. The van der Waals surface area contributed by atoms with E-state index in [4.69, 9.17) is 10.5 Å². The van der Waals surface area contributed by atoms with Gasteiger partial charge in [0, 0.05) is 11.9 Å². The molecule has 1 rings (SSSR count). The number of thioether (sulfide) groups is 1. The molecule has 2 N–H and O–H groups in total. The van der Waals surface area contributed by atoms with Gasteiger partial charge >= 0.3 is 0 Å². The highest BCUT2D eigenvalue weighted by Gasteiger charge is 2.14. The van der Waals surface area contributed by atoms with E-state index in [1.807, 2.05) is 11.8 Å². The van der Waals surface area contributed by atoms with Crippen LogP contribution in [0.25, 0.3) is 0 Å². The van der Waals surface area contributed by atoms with E-state index in [2.05, 4.69) is 0 Å². The Balaban J connectivity index is 1.91. The third-order valence-corrected chi connectivity index (χ3v) is 2.96. The van der Waals surface area contributed by atoms with Crippen LogP contribution in [0.5, 0.6) is 0 Å². The number of hydrogen-bond acceptors (Lipinski definition) is 3. The zero-order chi connectivity index (χ0) is 7.23. The maximum atomic E-state index is 5.37. The minimum Gasteiger partial charge on any atom is -0.380 e. The molecule has 0 spiro atoms. The third-order valence-electron chi connectivity index (χ3n) is 1.59. The van der Waals surface area contributed by atoms with E-state index >= 15 is 0 Å². The first-order valence-electron chi connectivity index (χ1n) is 3.83. The number of hydrogen-bond donors (Lipinski definition) is 1. The van der Waals surface area contributed by atoms with Crippen molar-refractivity contribution < 1.29 is 4.74 Å². The van der Waals surface area contributed by atoms with E-state index in [1.54, 1.807) is 0 Å². The zero-order valence-corrected chi connectivity index (χ0v) is 7.03. The maximum absolute atomic E-state index is 5.37. The quantitative estimate of drug-likeness (QED) is 0.621. The summed E-state index contributed by atoms with van der Waals surface area (Å²) in [5.41, 5.74) is 5.37. The van der Waals surface area contributed by atoms with Crippen molar-refractivity contribution in [1.82, 2.24) is 0 Å². The molecule has 1 atom stereocenters. The van der Waals surface area contributed by atoms with Crippen molar-refractivity contribution in [3.8, 4) is 0 Å². The highest BCUT2D eigenvalue weighted by atomic mass is 32.2. The van der Waals surface area contributed by atoms with Gasteiger partial charge in [0.2, 0.25) is 0 Å². The Bertz CT molecular complexity index is 83.7. The van der Waals surface area contributed by atoms with Crippen LogP contribution >= 0.6 is 11.8 Å². The highest BCUT2D eigenvalue weighted by Crippen LogP contribution is 2.20. The van der Waals surface area contributed by atoms with Crippen LogP contribution in [0.2, 0.25) is 0 Å². The van der Waals surface area contributed by atoms with E-state index in [9.17, 15) is 0 Å². The molecule has 0 aromatic carbocycles. The molecule has 10 heavy (non-hydrogen) atoms. The fraction of sp³-hybridized carbons (Fsp3) is 1.00. The smallest absolute Gasteiger partial charge is 0.0585 e. The molecule has 1 heterocycles. The second kappa shape index (κ2) is 4.99. The Morgan fingerprint density at radius 2 is 2.50 bits per heavy atom. The van der Waals surface area contributed by atoms with Crippen LogP contribution < -0.4 is 5.73 Å². The van der Waals surface area contributed by atoms with Gasteiger partial charge in [0.25, 0.3) is 0 Å². The van der Waals surface area contributed by atoms with E-state index in [1.165, 1.54) is 12.2 Å². The molecule has 1 saturated heterocycles. The topological polar surface area (TPSA) is 35.2 Å². The summed E-state index contributed by atoms with van der Waals surface area (Å²) >= 11 is 2.00. The van der Waals surface area contributed by atoms with Crippen molar-refractivity contribution in [2.75, 3.05) is 25.5 Å². The second-order valence-electron chi connectivity index (χ2n) is 2.50. The maximum Gasteiger partial charge on any atom is 0.0585 e. The summed E-state index contributed by atoms with van der Waals surface area (Å²) in [5, 5.41) is 0.756. The number of rotatable bonds is 4. The van der Waals surface area contributed by atoms with Crippen LogP contribution in [0, 0.1) is 0 Å². The van der Waals surface area contributed by atoms with Crippen molar-refractivity contribution in [3.63, 3.8) is 0 Å². The second-order valence-corrected chi connectivity index (χ2v) is 3.91. The van der Waals surface area contributed by atoms with Gasteiger partial charge in [0.05, 0.1) is 6.61 Å². The van der Waals surface area contributed by atoms with Crippen LogP contribution in [-0.4, -0.2) is 30.8 Å². The SMILES string of the molecule is NCCCSC1CCOC1. The van der Waals surface area contributed by atoms with Crippen LogP contribution in [0.4, 0.5) is 0 Å². The van der Waals surface area contributed by atoms with Crippen molar-refractivity contribution in [2.24, 2.45) is 5.73 Å². The van der Waals surface area contributed by atoms with Gasteiger partial charge < -0.3 is 10.5 Å². The molecule has 0 saturated carbocycles. The number of ether oxygens (including phenoxy) is 1. The Kier molecular flexibility index (Phi) is 4.18. The first kappa shape index (κ1) is 8.37. The average molecular weight is 161 g/mol. The first-order chi connectivity index (χ1) is 4.93. The molecule has 1 fully saturated rings. The Morgan fingerprint density at radius 3 is 3.10 bits per heavy atom. The summed E-state index contributed by atoms with van der Waals surface area (Å²) < 4.78 is 5.24. The molecule has 0 bridgehead atoms. The highest BCUT2D eigenvalue weighted by molar-refractivity contribution is 7.99. The summed E-state index contributed by atoms with van der Waals surface area (Å²) in [5.74, 6) is 1.20. The lowest BCUT2D eigenvalue weighted by Crippen LogP contribution is -2.05. The summed E-state index contributed by atoms with van der Waals surface area (Å²) in [6, 6.07) is 0. The molecule has 0 radical (unpaired) electrons. The predicted octanol–water partition coefficient (Wildman–Crippen LogP) is 0.857. The van der Waals surface area contributed by atoms with Crippen LogP contribution in [0.3, 0.4) is 0 Å². The molecule has 0 amide bonds. The van der Waals surface area contributed by atoms with Gasteiger partial charge in [0.1, 0.15) is 0 Å². The van der Waals surface area contributed by atoms with E-state index < -0.39 is 0 Å². The summed E-state index contributed by atoms with van der Waals surface area (Å²) in [7, 11) is 0. The molecule has 2 nitrogen and oxygen atoms in total. The molecule has 1 aliphatic rings. The van der Waals surface area contributed by atoms with Gasteiger partial charge in [-0.3, -0.25) is 0 Å². The van der Waals surface area contributed by atoms with Gasteiger partial charge in [-0.15, -0.1) is 0 Å². The Morgan fingerprint density at radius 1 is 1.60 bits per heavy atom. The number of nitrogens with two attached hydrogens (primary N) is 1. The lowest BCUT2D eigenvalue weighted by Gasteiger charge is -2.04. The van der Waals surface area contributed by atoms with Crippen LogP contribution in [0.15, 0.2) is 0 Å². The summed E-state index contributed by atoms with van der Waals surface area (Å²) in [6.45, 7) is 2.73. The standard InChI is InChI=1S/C7H15NOS/c8-3-1-5-10-7-2-4-9-6-7/h7H,1-6,8H2. The zero-order valence-electron chi connectivity index (χ0n) is 6.21. The largest absolute Gasteiger partial charge is 0.380 e. The first-order valence-corrected chi connectivity index (χ1v) is 4.88. The van der Waals surface area contributed by atoms with Crippen LogP contribution in [0.1, 0.15) is 12.8 Å². The molecular formula is C7H15NOS. The van der Waals surface area contributed by atoms with Crippen molar-refractivity contribution in [1.29, 1.82) is 0 Å². The van der Waals surface area contributed by atoms with Crippen LogP contribution in [-0.2, 0) is 4.74 Å². The lowest BCUT2D eigenvalue weighted by molar-refractivity contribution is 0.199. The molecule has 1 unspecified atom stereocenters. The van der Waals surface area contributed by atoms with Gasteiger partial charge in [-0.2, -0.15) is 11.8 Å². The van der Waals surface area contributed by atoms with E-state index in [0.29, 0.717) is 0 Å². The third kappa shape index (κ3) is 2.90. The molecule has 3 heteroatoms. The molecule has 0 aliphatic carbocycles. The molecule has 60 valence electrons. The Labute approximate surface area is 66.5 Å². The minimum atomic E-state index is 0.756. The van der Waals surface area contributed by atoms with Crippen molar-refractivity contribution >= 4 is 11.8 Å². The monoisotopic (exact) mass is 161 g/mol. The van der Waals surface area contributed by atoms with Crippen molar-refractivity contribution in [3.05, 3.63) is 0 Å².